The number of anilines is 1. The molecule has 1 aliphatic rings. The zero-order chi connectivity index (χ0) is 22.4. The first-order valence-electron chi connectivity index (χ1n) is 11.3. The molecule has 1 saturated heterocycles. The van der Waals surface area contributed by atoms with Crippen molar-refractivity contribution in [1.29, 1.82) is 0 Å². The largest absolute Gasteiger partial charge is 0.394 e. The van der Waals surface area contributed by atoms with E-state index in [0.29, 0.717) is 16.3 Å². The van der Waals surface area contributed by atoms with Gasteiger partial charge in [-0.25, -0.2) is 15.0 Å². The van der Waals surface area contributed by atoms with Crippen LogP contribution in [0.25, 0.3) is 11.2 Å². The van der Waals surface area contributed by atoms with Gasteiger partial charge < -0.3 is 25.0 Å². The molecule has 9 nitrogen and oxygen atoms in total. The van der Waals surface area contributed by atoms with Gasteiger partial charge in [-0.3, -0.25) is 4.57 Å². The fourth-order valence-electron chi connectivity index (χ4n) is 3.68. The fraction of sp³-hybridized carbons (Fsp3) is 0.762. The Labute approximate surface area is 187 Å². The van der Waals surface area contributed by atoms with E-state index in [9.17, 15) is 15.3 Å². The third kappa shape index (κ3) is 5.31. The van der Waals surface area contributed by atoms with E-state index in [1.54, 1.807) is 22.7 Å². The van der Waals surface area contributed by atoms with Crippen molar-refractivity contribution in [2.24, 2.45) is 0 Å². The molecule has 1 aliphatic heterocycles. The predicted octanol–water partition coefficient (Wildman–Crippen LogP) is 2.35. The summed E-state index contributed by atoms with van der Waals surface area (Å²) < 4.78 is 7.38. The molecule has 31 heavy (non-hydrogen) atoms. The highest BCUT2D eigenvalue weighted by Crippen LogP contribution is 2.34. The van der Waals surface area contributed by atoms with Gasteiger partial charge in [-0.05, 0) is 19.3 Å². The molecule has 0 unspecified atom stereocenters. The lowest BCUT2D eigenvalue weighted by atomic mass is 10.1. The first-order chi connectivity index (χ1) is 15.0. The summed E-state index contributed by atoms with van der Waals surface area (Å²) in [5.74, 6) is 1.70. The maximum absolute atomic E-state index is 10.5. The first-order valence-corrected chi connectivity index (χ1v) is 12.3. The number of unbranched alkanes of at least 4 members (excludes halogenated alkanes) is 2. The van der Waals surface area contributed by atoms with Crippen molar-refractivity contribution in [2.45, 2.75) is 82.6 Å². The summed E-state index contributed by atoms with van der Waals surface area (Å²) in [5.41, 5.74) is 1.22. The number of nitrogens with zero attached hydrogens (tertiary/aromatic N) is 5. The quantitative estimate of drug-likeness (QED) is 0.329. The van der Waals surface area contributed by atoms with Crippen LogP contribution in [-0.2, 0) is 4.74 Å². The average Bonchev–Trinajstić information content (AvgIpc) is 3.32. The topological polar surface area (TPSA) is 117 Å². The molecule has 1 fully saturated rings. The number of imidazole rings is 1. The number of hydrogen-bond donors (Lipinski definition) is 3. The minimum absolute atomic E-state index is 0.374. The average molecular weight is 454 g/mol. The van der Waals surface area contributed by atoms with Crippen molar-refractivity contribution in [3.63, 3.8) is 0 Å². The molecule has 2 aromatic heterocycles. The lowest BCUT2D eigenvalue weighted by Gasteiger charge is -2.24. The van der Waals surface area contributed by atoms with Crippen molar-refractivity contribution >= 4 is 28.7 Å². The van der Waals surface area contributed by atoms with E-state index in [0.717, 1.165) is 56.8 Å². The normalized spacial score (nSPS) is 23.7. The van der Waals surface area contributed by atoms with Gasteiger partial charge in [0, 0.05) is 18.8 Å². The van der Waals surface area contributed by atoms with Crippen LogP contribution in [0.5, 0.6) is 0 Å². The number of rotatable bonds is 12. The SMILES string of the molecule is CCCCN(CCCC)c1nc(SCCC)nc2c1ncn2[C@@H]1O[C@H](CO)[C@@H](O)[C@H]1O. The number of ether oxygens (including phenoxy) is 1. The molecule has 4 atom stereocenters. The Balaban J connectivity index is 2.05. The highest BCUT2D eigenvalue weighted by atomic mass is 32.2. The maximum atomic E-state index is 10.5. The van der Waals surface area contributed by atoms with Crippen LogP contribution in [0.4, 0.5) is 5.82 Å². The van der Waals surface area contributed by atoms with E-state index in [1.165, 1.54) is 0 Å². The zero-order valence-electron chi connectivity index (χ0n) is 18.6. The molecule has 10 heteroatoms. The van der Waals surface area contributed by atoms with E-state index < -0.39 is 24.5 Å². The Bertz CT molecular complexity index is 827. The van der Waals surface area contributed by atoms with E-state index in [2.05, 4.69) is 30.7 Å². The van der Waals surface area contributed by atoms with E-state index >= 15 is 0 Å². The molecular formula is C21H35N5O4S. The standard InChI is InChI=1S/C21H35N5O4S/c1-4-7-9-25(10-8-5-2)18-15-19(24-21(23-18)31-11-6-3)26(13-22-15)20-17(29)16(28)14(12-27)30-20/h13-14,16-17,20,27-29H,4-12H2,1-3H3/t14-,16-,17-,20-/m1/s1. The number of hydrogen-bond acceptors (Lipinski definition) is 9. The summed E-state index contributed by atoms with van der Waals surface area (Å²) in [5, 5.41) is 30.8. The van der Waals surface area contributed by atoms with Crippen LogP contribution in [0.2, 0.25) is 0 Å². The molecule has 0 aliphatic carbocycles. The van der Waals surface area contributed by atoms with Gasteiger partial charge >= 0.3 is 0 Å². The zero-order valence-corrected chi connectivity index (χ0v) is 19.5. The molecule has 0 amide bonds. The van der Waals surface area contributed by atoms with E-state index in [4.69, 9.17) is 14.7 Å². The Morgan fingerprint density at radius 2 is 1.77 bits per heavy atom. The summed E-state index contributed by atoms with van der Waals surface area (Å²) in [6, 6.07) is 0. The smallest absolute Gasteiger partial charge is 0.191 e. The summed E-state index contributed by atoms with van der Waals surface area (Å²) in [6.07, 6.45) is 2.80. The van der Waals surface area contributed by atoms with Gasteiger partial charge in [0.05, 0.1) is 12.9 Å². The lowest BCUT2D eigenvalue weighted by molar-refractivity contribution is -0.0511. The summed E-state index contributed by atoms with van der Waals surface area (Å²) in [7, 11) is 0. The van der Waals surface area contributed by atoms with Crippen LogP contribution in [-0.4, -0.2) is 78.6 Å². The van der Waals surface area contributed by atoms with Gasteiger partial charge in [-0.2, -0.15) is 0 Å². The molecule has 0 radical (unpaired) electrons. The van der Waals surface area contributed by atoms with Gasteiger partial charge in [0.25, 0.3) is 0 Å². The van der Waals surface area contributed by atoms with E-state index in [1.807, 2.05) is 0 Å². The number of aromatic nitrogens is 4. The van der Waals surface area contributed by atoms with Crippen LogP contribution in [0, 0.1) is 0 Å². The summed E-state index contributed by atoms with van der Waals surface area (Å²) in [4.78, 5) is 16.4. The predicted molar refractivity (Wildman–Crippen MR) is 121 cm³/mol. The molecule has 3 N–H and O–H groups in total. The van der Waals surface area contributed by atoms with Gasteiger partial charge in [-0.15, -0.1) is 0 Å². The van der Waals surface area contributed by atoms with Crippen LogP contribution >= 0.6 is 11.8 Å². The highest BCUT2D eigenvalue weighted by molar-refractivity contribution is 7.99. The monoisotopic (exact) mass is 453 g/mol. The van der Waals surface area contributed by atoms with Crippen LogP contribution in [0.3, 0.4) is 0 Å². The molecule has 0 spiro atoms. The Morgan fingerprint density at radius 3 is 2.35 bits per heavy atom. The van der Waals surface area contributed by atoms with Crippen molar-refractivity contribution < 1.29 is 20.1 Å². The number of thioether (sulfide) groups is 1. The minimum atomic E-state index is -1.18. The molecule has 3 rings (SSSR count). The van der Waals surface area contributed by atoms with Gasteiger partial charge in [0.15, 0.2) is 28.4 Å². The molecular weight excluding hydrogens is 418 g/mol. The highest BCUT2D eigenvalue weighted by Gasteiger charge is 2.44. The molecule has 0 bridgehead atoms. The van der Waals surface area contributed by atoms with Crippen molar-refractivity contribution in [3.05, 3.63) is 6.33 Å². The van der Waals surface area contributed by atoms with Crippen LogP contribution in [0.15, 0.2) is 11.5 Å². The molecule has 2 aromatic rings. The number of aliphatic hydroxyl groups is 3. The second-order valence-electron chi connectivity index (χ2n) is 7.93. The van der Waals surface area contributed by atoms with E-state index in [-0.39, 0.29) is 6.61 Å². The Kier molecular flexibility index (Phi) is 8.91. The molecule has 3 heterocycles. The van der Waals surface area contributed by atoms with Crippen LogP contribution in [0.1, 0.15) is 59.1 Å². The van der Waals surface area contributed by atoms with Crippen molar-refractivity contribution in [3.8, 4) is 0 Å². The second-order valence-corrected chi connectivity index (χ2v) is 8.99. The van der Waals surface area contributed by atoms with Gasteiger partial charge in [0.2, 0.25) is 0 Å². The van der Waals surface area contributed by atoms with Crippen molar-refractivity contribution in [2.75, 3.05) is 30.3 Å². The minimum Gasteiger partial charge on any atom is -0.394 e. The summed E-state index contributed by atoms with van der Waals surface area (Å²) in [6.45, 7) is 7.87. The summed E-state index contributed by atoms with van der Waals surface area (Å²) >= 11 is 1.59. The Hall–Kier alpha value is -1.46. The molecule has 0 aromatic carbocycles. The second kappa shape index (κ2) is 11.4. The van der Waals surface area contributed by atoms with Gasteiger partial charge in [0.1, 0.15) is 18.3 Å². The third-order valence-electron chi connectivity index (χ3n) is 5.47. The Morgan fingerprint density at radius 1 is 1.06 bits per heavy atom. The number of fused-ring (bicyclic) bond motifs is 1. The molecule has 0 saturated carbocycles. The van der Waals surface area contributed by atoms with Crippen molar-refractivity contribution in [1.82, 2.24) is 19.5 Å². The fourth-order valence-corrected chi connectivity index (χ4v) is 4.37. The number of aliphatic hydroxyl groups excluding tert-OH is 3. The third-order valence-corrected chi connectivity index (χ3v) is 6.52. The maximum Gasteiger partial charge on any atom is 0.191 e. The first kappa shape index (κ1) is 24.2. The van der Waals surface area contributed by atoms with Crippen LogP contribution < -0.4 is 4.90 Å². The van der Waals surface area contributed by atoms with Gasteiger partial charge in [-0.1, -0.05) is 45.4 Å². The molecule has 174 valence electrons. The lowest BCUT2D eigenvalue weighted by Crippen LogP contribution is -2.33.